The molecule has 2 heteroatoms. The van der Waals surface area contributed by atoms with Gasteiger partial charge in [0, 0.05) is 5.69 Å². The number of benzene rings is 2. The van der Waals surface area contributed by atoms with Crippen molar-refractivity contribution in [1.82, 2.24) is 9.55 Å². The zero-order valence-corrected chi connectivity index (χ0v) is 10.0. The number of imidazole rings is 1. The van der Waals surface area contributed by atoms with Gasteiger partial charge in [0.25, 0.3) is 0 Å². The van der Waals surface area contributed by atoms with Gasteiger partial charge < -0.3 is 0 Å². The second-order valence-corrected chi connectivity index (χ2v) is 4.27. The summed E-state index contributed by atoms with van der Waals surface area (Å²) in [5.74, 6) is 1.03. The number of aryl methyl sites for hydroxylation is 2. The highest BCUT2D eigenvalue weighted by Crippen LogP contribution is 2.23. The predicted molar refractivity (Wildman–Crippen MR) is 70.5 cm³/mol. The van der Waals surface area contributed by atoms with Crippen molar-refractivity contribution in [2.75, 3.05) is 0 Å². The monoisotopic (exact) mass is 222 g/mol. The van der Waals surface area contributed by atoms with Crippen LogP contribution in [0.25, 0.3) is 16.7 Å². The molecule has 0 saturated heterocycles. The largest absolute Gasteiger partial charge is 0.297 e. The molecule has 0 spiro atoms. The van der Waals surface area contributed by atoms with E-state index in [-0.39, 0.29) is 0 Å². The molecule has 84 valence electrons. The first kappa shape index (κ1) is 10.1. The average molecular weight is 222 g/mol. The Hall–Kier alpha value is -2.09. The quantitative estimate of drug-likeness (QED) is 0.614. The molecule has 0 N–H and O–H groups in total. The molecule has 0 radical (unpaired) electrons. The minimum Gasteiger partial charge on any atom is -0.297 e. The van der Waals surface area contributed by atoms with E-state index in [2.05, 4.69) is 58.9 Å². The molecule has 2 nitrogen and oxygen atoms in total. The van der Waals surface area contributed by atoms with Crippen LogP contribution in [0.15, 0.2) is 48.5 Å². The molecule has 0 bridgehead atoms. The molecule has 0 aliphatic rings. The molecule has 0 fully saturated rings. The van der Waals surface area contributed by atoms with Gasteiger partial charge in [-0.2, -0.15) is 0 Å². The van der Waals surface area contributed by atoms with Gasteiger partial charge >= 0.3 is 0 Å². The molecule has 0 aliphatic carbocycles. The Kier molecular flexibility index (Phi) is 2.22. The minimum absolute atomic E-state index is 1.03. The topological polar surface area (TPSA) is 17.8 Å². The summed E-state index contributed by atoms with van der Waals surface area (Å²) in [7, 11) is 0. The molecule has 17 heavy (non-hydrogen) atoms. The van der Waals surface area contributed by atoms with Crippen molar-refractivity contribution >= 4 is 11.0 Å². The van der Waals surface area contributed by atoms with Gasteiger partial charge in [-0.05, 0) is 37.6 Å². The maximum atomic E-state index is 4.65. The lowest BCUT2D eigenvalue weighted by Crippen LogP contribution is -1.95. The fraction of sp³-hybridized carbons (Fsp3) is 0.133. The van der Waals surface area contributed by atoms with E-state index in [1.54, 1.807) is 0 Å². The van der Waals surface area contributed by atoms with Crippen molar-refractivity contribution in [1.29, 1.82) is 0 Å². The number of aromatic nitrogens is 2. The number of para-hydroxylation sites is 2. The summed E-state index contributed by atoms with van der Waals surface area (Å²) in [5, 5.41) is 0. The molecule has 0 saturated carbocycles. The van der Waals surface area contributed by atoms with Gasteiger partial charge in [0.1, 0.15) is 5.82 Å². The lowest BCUT2D eigenvalue weighted by atomic mass is 10.2. The maximum absolute atomic E-state index is 4.65. The van der Waals surface area contributed by atoms with Crippen LogP contribution in [-0.2, 0) is 0 Å². The molecular formula is C15H14N2. The van der Waals surface area contributed by atoms with E-state index in [9.17, 15) is 0 Å². The van der Waals surface area contributed by atoms with Crippen molar-refractivity contribution in [2.45, 2.75) is 13.8 Å². The Balaban J connectivity index is 2.37. The van der Waals surface area contributed by atoms with Gasteiger partial charge in [0.05, 0.1) is 11.0 Å². The third-order valence-corrected chi connectivity index (χ3v) is 3.07. The van der Waals surface area contributed by atoms with Gasteiger partial charge in [-0.25, -0.2) is 4.98 Å². The van der Waals surface area contributed by atoms with Crippen LogP contribution in [0.2, 0.25) is 0 Å². The average Bonchev–Trinajstić information content (AvgIpc) is 2.68. The van der Waals surface area contributed by atoms with Crippen LogP contribution >= 0.6 is 0 Å². The lowest BCUT2D eigenvalue weighted by Gasteiger charge is -2.06. The van der Waals surface area contributed by atoms with E-state index >= 15 is 0 Å². The van der Waals surface area contributed by atoms with Gasteiger partial charge in [-0.3, -0.25) is 4.57 Å². The Bertz CT molecular complexity index is 666. The van der Waals surface area contributed by atoms with Gasteiger partial charge in [0.2, 0.25) is 0 Å². The van der Waals surface area contributed by atoms with Crippen molar-refractivity contribution in [3.63, 3.8) is 0 Å². The standard InChI is InChI=1S/C15H14N2/c1-11-7-6-10-14-15(11)16-12(2)17(14)13-8-4-3-5-9-13/h3-10H,1-2H3. The molecule has 0 unspecified atom stereocenters. The lowest BCUT2D eigenvalue weighted by molar-refractivity contribution is 1.00. The summed E-state index contributed by atoms with van der Waals surface area (Å²) in [4.78, 5) is 4.65. The van der Waals surface area contributed by atoms with E-state index in [4.69, 9.17) is 0 Å². The zero-order valence-electron chi connectivity index (χ0n) is 10.0. The number of hydrogen-bond acceptors (Lipinski definition) is 1. The zero-order chi connectivity index (χ0) is 11.8. The molecule has 1 aromatic heterocycles. The first-order chi connectivity index (χ1) is 8.27. The number of nitrogens with zero attached hydrogens (tertiary/aromatic N) is 2. The van der Waals surface area contributed by atoms with Crippen LogP contribution in [0.3, 0.4) is 0 Å². The first-order valence-corrected chi connectivity index (χ1v) is 5.77. The number of hydrogen-bond donors (Lipinski definition) is 0. The SMILES string of the molecule is Cc1cccc2c1nc(C)n2-c1ccccc1. The fourth-order valence-corrected chi connectivity index (χ4v) is 2.26. The van der Waals surface area contributed by atoms with E-state index in [1.807, 2.05) is 13.0 Å². The predicted octanol–water partition coefficient (Wildman–Crippen LogP) is 3.64. The Labute approximate surface area is 101 Å². The highest BCUT2D eigenvalue weighted by Gasteiger charge is 2.09. The molecule has 2 aromatic carbocycles. The van der Waals surface area contributed by atoms with Crippen LogP contribution in [-0.4, -0.2) is 9.55 Å². The van der Waals surface area contributed by atoms with Crippen LogP contribution < -0.4 is 0 Å². The minimum atomic E-state index is 1.03. The van der Waals surface area contributed by atoms with E-state index < -0.39 is 0 Å². The summed E-state index contributed by atoms with van der Waals surface area (Å²) in [6.07, 6.45) is 0. The van der Waals surface area contributed by atoms with E-state index in [0.29, 0.717) is 0 Å². The maximum Gasteiger partial charge on any atom is 0.111 e. The molecule has 0 atom stereocenters. The summed E-state index contributed by atoms with van der Waals surface area (Å²) < 4.78 is 2.20. The smallest absolute Gasteiger partial charge is 0.111 e. The summed E-state index contributed by atoms with van der Waals surface area (Å²) >= 11 is 0. The third-order valence-electron chi connectivity index (χ3n) is 3.07. The van der Waals surface area contributed by atoms with E-state index in [0.717, 1.165) is 17.0 Å². The summed E-state index contributed by atoms with van der Waals surface area (Å²) in [5.41, 5.74) is 4.65. The van der Waals surface area contributed by atoms with Crippen LogP contribution in [0, 0.1) is 13.8 Å². The van der Waals surface area contributed by atoms with Gasteiger partial charge in [-0.15, -0.1) is 0 Å². The highest BCUT2D eigenvalue weighted by molar-refractivity contribution is 5.81. The Morgan fingerprint density at radius 3 is 2.41 bits per heavy atom. The second-order valence-electron chi connectivity index (χ2n) is 4.27. The molecule has 3 aromatic rings. The molecule has 1 heterocycles. The molecule has 0 aliphatic heterocycles. The summed E-state index contributed by atoms with van der Waals surface area (Å²) in [6.45, 7) is 4.15. The molecule has 0 amide bonds. The summed E-state index contributed by atoms with van der Waals surface area (Å²) in [6, 6.07) is 16.7. The van der Waals surface area contributed by atoms with Gasteiger partial charge in [0.15, 0.2) is 0 Å². The Morgan fingerprint density at radius 1 is 0.882 bits per heavy atom. The van der Waals surface area contributed by atoms with Crippen LogP contribution in [0.1, 0.15) is 11.4 Å². The van der Waals surface area contributed by atoms with Crippen LogP contribution in [0.4, 0.5) is 0 Å². The molecule has 3 rings (SSSR count). The van der Waals surface area contributed by atoms with Crippen LogP contribution in [0.5, 0.6) is 0 Å². The van der Waals surface area contributed by atoms with E-state index in [1.165, 1.54) is 11.1 Å². The van der Waals surface area contributed by atoms with Gasteiger partial charge in [-0.1, -0.05) is 30.3 Å². The third kappa shape index (κ3) is 1.53. The number of fused-ring (bicyclic) bond motifs is 1. The van der Waals surface area contributed by atoms with Crippen molar-refractivity contribution in [3.8, 4) is 5.69 Å². The molecular weight excluding hydrogens is 208 g/mol. The highest BCUT2D eigenvalue weighted by atomic mass is 15.1. The van der Waals surface area contributed by atoms with Crippen molar-refractivity contribution in [2.24, 2.45) is 0 Å². The first-order valence-electron chi connectivity index (χ1n) is 5.77. The second kappa shape index (κ2) is 3.74. The Morgan fingerprint density at radius 2 is 1.65 bits per heavy atom. The fourth-order valence-electron chi connectivity index (χ4n) is 2.26. The van der Waals surface area contributed by atoms with Crippen molar-refractivity contribution in [3.05, 3.63) is 59.9 Å². The number of rotatable bonds is 1. The van der Waals surface area contributed by atoms with Crippen molar-refractivity contribution < 1.29 is 0 Å². The normalized spacial score (nSPS) is 10.9.